The number of amides is 1. The van der Waals surface area contributed by atoms with Crippen LogP contribution in [0.5, 0.6) is 17.4 Å². The molecule has 1 saturated carbocycles. The Labute approximate surface area is 377 Å². The number of hydrogen-bond acceptors (Lipinski definition) is 10. The number of nitrogens with one attached hydrogen (secondary N) is 2. The second kappa shape index (κ2) is 18.0. The molecule has 0 unspecified atom stereocenters. The number of aromatic nitrogens is 3. The Hall–Kier alpha value is -4.37. The van der Waals surface area contributed by atoms with Crippen LogP contribution in [0.15, 0.2) is 83.4 Å². The number of nitrogens with zero attached hydrogens (tertiary/aromatic N) is 4. The Kier molecular flexibility index (Phi) is 12.9. The van der Waals surface area contributed by atoms with E-state index in [9.17, 15) is 18.3 Å². The maximum Gasteiger partial charge on any atom is 0.268 e. The normalized spacial score (nSPS) is 21.0. The van der Waals surface area contributed by atoms with Gasteiger partial charge >= 0.3 is 0 Å². The second-order valence-corrected chi connectivity index (χ2v) is 20.7. The molecule has 0 bridgehead atoms. The predicted octanol–water partition coefficient (Wildman–Crippen LogP) is 9.93. The number of pyridine rings is 1. The Bertz CT molecular complexity index is 2600. The van der Waals surface area contributed by atoms with Crippen LogP contribution in [0, 0.1) is 11.3 Å². The van der Waals surface area contributed by atoms with E-state index in [1.54, 1.807) is 36.4 Å². The maximum absolute atomic E-state index is 14.0. The van der Waals surface area contributed by atoms with E-state index in [1.165, 1.54) is 22.8 Å². The number of sulfonamides is 1. The Morgan fingerprint density at radius 3 is 2.42 bits per heavy atom. The highest BCUT2D eigenvalue weighted by Gasteiger charge is 2.32. The van der Waals surface area contributed by atoms with E-state index in [0.717, 1.165) is 81.7 Å². The van der Waals surface area contributed by atoms with Gasteiger partial charge in [0.25, 0.3) is 15.9 Å². The summed E-state index contributed by atoms with van der Waals surface area (Å²) in [6.07, 6.45) is 7.24. The number of piperazine rings is 1. The highest BCUT2D eigenvalue weighted by Crippen LogP contribution is 2.44. The lowest BCUT2D eigenvalue weighted by atomic mass is 9.72. The van der Waals surface area contributed by atoms with E-state index < -0.39 is 21.5 Å². The van der Waals surface area contributed by atoms with Gasteiger partial charge in [-0.25, -0.2) is 18.1 Å². The van der Waals surface area contributed by atoms with Gasteiger partial charge in [0.15, 0.2) is 5.15 Å². The summed E-state index contributed by atoms with van der Waals surface area (Å²) in [6.45, 7) is 10.8. The number of carbonyl (C=O) groups is 1. The van der Waals surface area contributed by atoms with Crippen LogP contribution in [0.25, 0.3) is 16.5 Å². The fourth-order valence-corrected chi connectivity index (χ4v) is 10.2. The molecule has 328 valence electrons. The van der Waals surface area contributed by atoms with Gasteiger partial charge in [0.2, 0.25) is 5.88 Å². The monoisotopic (exact) mass is 920 g/mol. The van der Waals surface area contributed by atoms with E-state index in [2.05, 4.69) is 55.7 Å². The number of aromatic amines is 1. The zero-order valence-electron chi connectivity index (χ0n) is 35.0. The molecule has 3 aliphatic rings. The Morgan fingerprint density at radius 2 is 1.69 bits per heavy atom. The summed E-state index contributed by atoms with van der Waals surface area (Å²) in [4.78, 5) is 22.6. The summed E-state index contributed by atoms with van der Waals surface area (Å²) in [5, 5.41) is 18.7. The highest BCUT2D eigenvalue weighted by molar-refractivity contribution is 7.90. The van der Waals surface area contributed by atoms with Crippen LogP contribution in [-0.4, -0.2) is 84.4 Å². The van der Waals surface area contributed by atoms with Crippen molar-refractivity contribution < 1.29 is 27.8 Å². The van der Waals surface area contributed by atoms with Gasteiger partial charge in [-0.3, -0.25) is 14.8 Å². The van der Waals surface area contributed by atoms with Gasteiger partial charge in [-0.2, -0.15) is 5.10 Å². The van der Waals surface area contributed by atoms with Crippen molar-refractivity contribution in [2.24, 2.45) is 11.3 Å². The number of hydrogen-bond donors (Lipinski definition) is 3. The molecule has 8 rings (SSSR count). The molecule has 3 aromatic carbocycles. The molecule has 1 saturated heterocycles. The summed E-state index contributed by atoms with van der Waals surface area (Å²) in [5.41, 5.74) is 5.11. The van der Waals surface area contributed by atoms with Crippen molar-refractivity contribution >= 4 is 72.9 Å². The van der Waals surface area contributed by atoms with Gasteiger partial charge in [-0.15, -0.1) is 0 Å². The molecule has 2 aliphatic carbocycles. The molecule has 0 spiro atoms. The summed E-state index contributed by atoms with van der Waals surface area (Å²) in [7, 11) is -4.44. The minimum Gasteiger partial charge on any atom is -0.476 e. The van der Waals surface area contributed by atoms with E-state index in [4.69, 9.17) is 44.3 Å². The lowest BCUT2D eigenvalue weighted by Gasteiger charge is -2.39. The Morgan fingerprint density at radius 1 is 0.952 bits per heavy atom. The third-order valence-electron chi connectivity index (χ3n) is 12.4. The number of halogens is 3. The molecular formula is C46H51Cl3N6O6S. The standard InChI is InChI=1S/C46H51Cl3N6O6S/c1-45(2)16-15-31(36(25-45)30-7-9-32(47)10-8-30)27-54-19-21-55(22-20-54)33-11-12-35(40(23-33)61-39-6-4-5-38-41(39)42(49)52-51-38)43(56)53-62(58,59)34-24-37(48)44(50-26-34)60-28-29-13-17-46(3,57)18-14-29/h4-12,23-24,26,29,57H,13-22,25,27-28H2,1-3H3,(H,51,52)(H,53,56). The third kappa shape index (κ3) is 10.2. The number of ether oxygens (including phenoxy) is 2. The average molecular weight is 922 g/mol. The van der Waals surface area contributed by atoms with E-state index in [0.29, 0.717) is 36.1 Å². The third-order valence-corrected chi connectivity index (χ3v) is 14.5. The first-order chi connectivity index (χ1) is 29.5. The number of allylic oxidation sites excluding steroid dienone is 1. The molecule has 16 heteroatoms. The fraction of sp³-hybridized carbons (Fsp3) is 0.413. The quantitative estimate of drug-likeness (QED) is 0.110. The van der Waals surface area contributed by atoms with Crippen molar-refractivity contribution in [1.29, 1.82) is 0 Å². The number of rotatable bonds is 12. The van der Waals surface area contributed by atoms with Crippen molar-refractivity contribution in [3.05, 3.63) is 105 Å². The van der Waals surface area contributed by atoms with Gasteiger partial charge in [-0.05, 0) is 117 Å². The van der Waals surface area contributed by atoms with Crippen LogP contribution in [0.4, 0.5) is 5.69 Å². The van der Waals surface area contributed by atoms with Gasteiger partial charge in [0, 0.05) is 49.5 Å². The molecule has 2 fully saturated rings. The van der Waals surface area contributed by atoms with Crippen molar-refractivity contribution in [1.82, 2.24) is 24.8 Å². The molecular weight excluding hydrogens is 871 g/mol. The van der Waals surface area contributed by atoms with Crippen LogP contribution in [0.1, 0.15) is 81.6 Å². The zero-order chi connectivity index (χ0) is 43.8. The lowest BCUT2D eigenvalue weighted by Crippen LogP contribution is -2.47. The number of anilines is 1. The van der Waals surface area contributed by atoms with E-state index in [-0.39, 0.29) is 43.6 Å². The van der Waals surface area contributed by atoms with Crippen LogP contribution < -0.4 is 19.1 Å². The number of fused-ring (bicyclic) bond motifs is 1. The fourth-order valence-electron chi connectivity index (χ4n) is 8.64. The van der Waals surface area contributed by atoms with Crippen LogP contribution in [-0.2, 0) is 10.0 Å². The molecule has 3 N–H and O–H groups in total. The zero-order valence-corrected chi connectivity index (χ0v) is 38.1. The molecule has 0 atom stereocenters. The van der Waals surface area contributed by atoms with Gasteiger partial charge in [0.1, 0.15) is 21.4 Å². The summed E-state index contributed by atoms with van der Waals surface area (Å²) in [6, 6.07) is 19.8. The number of aliphatic hydroxyl groups is 1. The number of H-pyrrole nitrogens is 1. The van der Waals surface area contributed by atoms with Gasteiger partial charge in [-0.1, -0.05) is 72.4 Å². The predicted molar refractivity (Wildman–Crippen MR) is 244 cm³/mol. The number of benzene rings is 3. The first-order valence-corrected chi connectivity index (χ1v) is 23.6. The highest BCUT2D eigenvalue weighted by atomic mass is 35.5. The molecule has 5 aromatic rings. The first-order valence-electron chi connectivity index (χ1n) is 21.0. The molecule has 3 heterocycles. The van der Waals surface area contributed by atoms with Gasteiger partial charge in [0.05, 0.1) is 34.9 Å². The Balaban J connectivity index is 0.993. The van der Waals surface area contributed by atoms with Gasteiger partial charge < -0.3 is 19.5 Å². The van der Waals surface area contributed by atoms with Crippen molar-refractivity contribution in [3.63, 3.8) is 0 Å². The largest absolute Gasteiger partial charge is 0.476 e. The smallest absolute Gasteiger partial charge is 0.268 e. The van der Waals surface area contributed by atoms with Crippen LogP contribution in [0.2, 0.25) is 15.2 Å². The van der Waals surface area contributed by atoms with Crippen LogP contribution >= 0.6 is 34.8 Å². The van der Waals surface area contributed by atoms with E-state index in [1.807, 2.05) is 19.1 Å². The van der Waals surface area contributed by atoms with Crippen molar-refractivity contribution in [2.75, 3.05) is 44.2 Å². The van der Waals surface area contributed by atoms with Crippen LogP contribution in [0.3, 0.4) is 0 Å². The molecule has 12 nitrogen and oxygen atoms in total. The SMILES string of the molecule is CC1(C)CCC(CN2CCN(c3ccc(C(=O)NS(=O)(=O)c4cnc(OCC5CCC(C)(O)CC5)c(Cl)c4)c(Oc4cccc5[nH]nc(Cl)c45)c3)CC2)=C(c2ccc(Cl)cc2)C1. The van der Waals surface area contributed by atoms with E-state index >= 15 is 0 Å². The molecule has 0 radical (unpaired) electrons. The van der Waals surface area contributed by atoms with Crippen molar-refractivity contribution in [3.8, 4) is 17.4 Å². The summed E-state index contributed by atoms with van der Waals surface area (Å²) < 4.78 is 41.8. The number of carbonyl (C=O) groups excluding carboxylic acids is 1. The summed E-state index contributed by atoms with van der Waals surface area (Å²) >= 11 is 19.2. The minimum absolute atomic E-state index is 0.0110. The first kappa shape index (κ1) is 44.2. The lowest BCUT2D eigenvalue weighted by molar-refractivity contribution is 0.00127. The topological polar surface area (TPSA) is 150 Å². The second-order valence-electron chi connectivity index (χ2n) is 17.8. The molecule has 2 aromatic heterocycles. The average Bonchev–Trinajstić information content (AvgIpc) is 3.62. The maximum atomic E-state index is 14.0. The molecule has 1 amide bonds. The molecule has 1 aliphatic heterocycles. The minimum atomic E-state index is -4.44. The molecule has 62 heavy (non-hydrogen) atoms. The summed E-state index contributed by atoms with van der Waals surface area (Å²) in [5.74, 6) is -0.135. The van der Waals surface area contributed by atoms with Crippen molar-refractivity contribution in [2.45, 2.75) is 76.2 Å².